The molecule has 7 nitrogen and oxygen atoms in total. The van der Waals surface area contributed by atoms with E-state index in [1.54, 1.807) is 0 Å². The number of nitrogens with zero attached hydrogens (tertiary/aromatic N) is 2. The molecule has 0 saturated heterocycles. The lowest BCUT2D eigenvalue weighted by atomic mass is 9.32. The van der Waals surface area contributed by atoms with Gasteiger partial charge >= 0.3 is 5.97 Å². The number of hydrogen-bond acceptors (Lipinski definition) is 5. The summed E-state index contributed by atoms with van der Waals surface area (Å²) in [6, 6.07) is 0.0887. The van der Waals surface area contributed by atoms with Crippen LogP contribution in [0.5, 0.6) is 0 Å². The smallest absolute Gasteiger partial charge is 0.303 e. The van der Waals surface area contributed by atoms with Crippen molar-refractivity contribution in [2.75, 3.05) is 0 Å². The fourth-order valence-electron chi connectivity index (χ4n) is 14.9. The van der Waals surface area contributed by atoms with Crippen LogP contribution in [0.2, 0.25) is 0 Å². The Balaban J connectivity index is 1.14. The Labute approximate surface area is 308 Å². The molecular weight excluding hydrogens is 635 g/mol. The van der Waals surface area contributed by atoms with E-state index in [4.69, 9.17) is 4.42 Å². The minimum atomic E-state index is -0.646. The van der Waals surface area contributed by atoms with Gasteiger partial charge in [0.1, 0.15) is 0 Å². The third-order valence-corrected chi connectivity index (χ3v) is 18.1. The van der Waals surface area contributed by atoms with E-state index in [0.29, 0.717) is 53.7 Å². The maximum absolute atomic E-state index is 15.0. The van der Waals surface area contributed by atoms with Crippen LogP contribution in [-0.4, -0.2) is 33.2 Å². The molecule has 6 fully saturated rings. The molecule has 1 aromatic heterocycles. The zero-order chi connectivity index (χ0) is 37.1. The molecule has 0 radical (unpaired) electrons. The molecule has 7 rings (SSSR count). The van der Waals surface area contributed by atoms with E-state index in [9.17, 15) is 14.7 Å². The number of aromatic nitrogens is 2. The average Bonchev–Trinajstić information content (AvgIpc) is 3.65. The van der Waals surface area contributed by atoms with Crippen LogP contribution in [0.25, 0.3) is 0 Å². The Hall–Kier alpha value is -2.18. The van der Waals surface area contributed by atoms with Crippen molar-refractivity contribution >= 4 is 11.9 Å². The van der Waals surface area contributed by atoms with Crippen LogP contribution >= 0.6 is 0 Å². The largest absolute Gasteiger partial charge is 0.481 e. The molecule has 284 valence electrons. The van der Waals surface area contributed by atoms with E-state index >= 15 is 0 Å². The lowest BCUT2D eigenvalue weighted by molar-refractivity contribution is -0.242. The number of allylic oxidation sites excluding steroid dienone is 1. The summed E-state index contributed by atoms with van der Waals surface area (Å²) in [4.78, 5) is 26.8. The molecule has 7 heteroatoms. The predicted molar refractivity (Wildman–Crippen MR) is 201 cm³/mol. The second-order valence-corrected chi connectivity index (χ2v) is 21.3. The molecular formula is C44H69N3O4. The van der Waals surface area contributed by atoms with Gasteiger partial charge in [0, 0.05) is 24.8 Å². The first-order chi connectivity index (χ1) is 23.7. The highest BCUT2D eigenvalue weighted by atomic mass is 16.4. The lowest BCUT2D eigenvalue weighted by Gasteiger charge is -2.73. The topological polar surface area (TPSA) is 105 Å². The standard InChI is InChI=1S/C44H69N3O4/c1-25(2)22-34-46-47-37(51-34)30-24-33(40(30,7)8)45-38(50)44-19-15-28(26(3)4)36(44)29-12-13-32-41(9)17-14-27(23-35(48)49)39(5,6)31(41)16-18-43(32,11)42(29,10)20-21-44/h25,27-33,36H,3,12-24H2,1-2,4-11H3,(H,45,50)(H,48,49)/t27-,28-,29+,30+,31+,32+,33+,36+,41+,42+,43+,44-/m0/s1. The van der Waals surface area contributed by atoms with Crippen LogP contribution < -0.4 is 5.32 Å². The third-order valence-electron chi connectivity index (χ3n) is 18.1. The van der Waals surface area contributed by atoms with Crippen LogP contribution in [0.3, 0.4) is 0 Å². The van der Waals surface area contributed by atoms with Gasteiger partial charge in [0.2, 0.25) is 17.7 Å². The number of carbonyl (C=O) groups excluding carboxylic acids is 1. The summed E-state index contributed by atoms with van der Waals surface area (Å²) in [5, 5.41) is 22.3. The van der Waals surface area contributed by atoms with Gasteiger partial charge in [-0.25, -0.2) is 0 Å². The normalized spacial score (nSPS) is 45.1. The number of carboxylic acid groups (broad SMARTS) is 1. The minimum Gasteiger partial charge on any atom is -0.481 e. The SMILES string of the molecule is C=C(C)[C@@H]1CC[C@]2(C(=O)N[C@@H]3C[C@H](c4nnc(CC(C)C)o4)C3(C)C)CC[C@]3(C)[C@H](CC[C@@H]4[C@]5(C)CC[C@@H](CC(=O)O)C(C)(C)[C@H]5CC[C@]43C)[C@@H]12. The van der Waals surface area contributed by atoms with Gasteiger partial charge in [-0.2, -0.15) is 0 Å². The fraction of sp³-hybridized carbons (Fsp3) is 0.864. The molecule has 0 bridgehead atoms. The Morgan fingerprint density at radius 3 is 2.25 bits per heavy atom. The number of amides is 1. The van der Waals surface area contributed by atoms with Crippen molar-refractivity contribution < 1.29 is 19.1 Å². The number of hydrogen-bond donors (Lipinski definition) is 2. The van der Waals surface area contributed by atoms with Crippen molar-refractivity contribution in [3.05, 3.63) is 23.9 Å². The van der Waals surface area contributed by atoms with Gasteiger partial charge in [-0.3, -0.25) is 9.59 Å². The van der Waals surface area contributed by atoms with Crippen LogP contribution in [0.15, 0.2) is 16.6 Å². The number of aliphatic carboxylic acids is 1. The molecule has 6 aliphatic rings. The molecule has 1 amide bonds. The zero-order valence-electron chi connectivity index (χ0n) is 33.7. The van der Waals surface area contributed by atoms with Crippen molar-refractivity contribution in [2.24, 2.45) is 73.9 Å². The highest BCUT2D eigenvalue weighted by Crippen LogP contribution is 2.78. The number of nitrogens with one attached hydrogen (secondary N) is 1. The van der Waals surface area contributed by atoms with Crippen molar-refractivity contribution in [2.45, 2.75) is 165 Å². The summed E-state index contributed by atoms with van der Waals surface area (Å²) in [7, 11) is 0. The van der Waals surface area contributed by atoms with Gasteiger partial charge in [0.15, 0.2) is 0 Å². The molecule has 2 N–H and O–H groups in total. The second kappa shape index (κ2) is 12.2. The van der Waals surface area contributed by atoms with Gasteiger partial charge in [-0.1, -0.05) is 74.5 Å². The number of carboxylic acids is 1. The van der Waals surface area contributed by atoms with Gasteiger partial charge in [0.05, 0.1) is 5.41 Å². The molecule has 12 atom stereocenters. The van der Waals surface area contributed by atoms with Crippen LogP contribution in [-0.2, 0) is 16.0 Å². The van der Waals surface area contributed by atoms with Crippen LogP contribution in [0.4, 0.5) is 0 Å². The van der Waals surface area contributed by atoms with Gasteiger partial charge in [0.25, 0.3) is 0 Å². The number of carbonyl (C=O) groups is 2. The fourth-order valence-corrected chi connectivity index (χ4v) is 14.9. The van der Waals surface area contributed by atoms with Crippen molar-refractivity contribution in [3.63, 3.8) is 0 Å². The highest BCUT2D eigenvalue weighted by molar-refractivity contribution is 5.84. The lowest BCUT2D eigenvalue weighted by Crippen LogP contribution is -2.67. The van der Waals surface area contributed by atoms with E-state index in [0.717, 1.165) is 57.3 Å². The Morgan fingerprint density at radius 2 is 1.61 bits per heavy atom. The summed E-state index contributed by atoms with van der Waals surface area (Å²) in [5.74, 6) is 4.34. The van der Waals surface area contributed by atoms with E-state index in [1.807, 2.05) is 0 Å². The second-order valence-electron chi connectivity index (χ2n) is 21.3. The Bertz CT molecular complexity index is 1560. The Morgan fingerprint density at radius 1 is 0.882 bits per heavy atom. The molecule has 0 unspecified atom stereocenters. The summed E-state index contributed by atoms with van der Waals surface area (Å²) in [5.41, 5.74) is 1.36. The molecule has 6 saturated carbocycles. The van der Waals surface area contributed by atoms with Gasteiger partial charge in [-0.15, -0.1) is 10.2 Å². The molecule has 51 heavy (non-hydrogen) atoms. The molecule has 6 aliphatic carbocycles. The summed E-state index contributed by atoms with van der Waals surface area (Å²) < 4.78 is 6.14. The predicted octanol–water partition coefficient (Wildman–Crippen LogP) is 10.0. The minimum absolute atomic E-state index is 0.0228. The average molecular weight is 704 g/mol. The molecule has 1 heterocycles. The van der Waals surface area contributed by atoms with Gasteiger partial charge < -0.3 is 14.8 Å². The number of fused-ring (bicyclic) bond motifs is 7. The highest BCUT2D eigenvalue weighted by Gasteiger charge is 2.72. The summed E-state index contributed by atoms with van der Waals surface area (Å²) in [6.07, 6.45) is 13.0. The molecule has 1 aromatic rings. The first-order valence-electron chi connectivity index (χ1n) is 20.7. The quantitative estimate of drug-likeness (QED) is 0.261. The number of rotatable bonds is 8. The summed E-state index contributed by atoms with van der Waals surface area (Å²) >= 11 is 0. The van der Waals surface area contributed by atoms with Gasteiger partial charge in [-0.05, 0) is 146 Å². The third kappa shape index (κ3) is 5.29. The zero-order valence-corrected chi connectivity index (χ0v) is 33.7. The monoisotopic (exact) mass is 704 g/mol. The molecule has 0 aromatic carbocycles. The van der Waals surface area contributed by atoms with E-state index in [-0.39, 0.29) is 50.4 Å². The van der Waals surface area contributed by atoms with E-state index in [1.165, 1.54) is 31.3 Å². The van der Waals surface area contributed by atoms with Crippen LogP contribution in [0, 0.1) is 73.9 Å². The van der Waals surface area contributed by atoms with E-state index in [2.05, 4.69) is 91.3 Å². The first kappa shape index (κ1) is 37.1. The maximum Gasteiger partial charge on any atom is 0.303 e. The molecule has 0 spiro atoms. The maximum atomic E-state index is 15.0. The Kier molecular flexibility index (Phi) is 8.86. The van der Waals surface area contributed by atoms with Crippen molar-refractivity contribution in [3.8, 4) is 0 Å². The summed E-state index contributed by atoms with van der Waals surface area (Å²) in [6.45, 7) is 28.3. The van der Waals surface area contributed by atoms with E-state index < -0.39 is 5.97 Å². The van der Waals surface area contributed by atoms with Crippen molar-refractivity contribution in [1.82, 2.24) is 15.5 Å². The first-order valence-corrected chi connectivity index (χ1v) is 20.7. The van der Waals surface area contributed by atoms with Crippen molar-refractivity contribution in [1.29, 1.82) is 0 Å². The molecule has 0 aliphatic heterocycles. The van der Waals surface area contributed by atoms with Crippen LogP contribution in [0.1, 0.15) is 164 Å².